The van der Waals surface area contributed by atoms with E-state index in [0.717, 1.165) is 5.56 Å². The van der Waals surface area contributed by atoms with E-state index < -0.39 is 0 Å². The lowest BCUT2D eigenvalue weighted by Gasteiger charge is -2.07. The van der Waals surface area contributed by atoms with E-state index in [0.29, 0.717) is 28.1 Å². The van der Waals surface area contributed by atoms with Gasteiger partial charge in [-0.1, -0.05) is 23.7 Å². The Bertz CT molecular complexity index is 846. The molecule has 3 aromatic rings. The second kappa shape index (κ2) is 7.14. The number of benzene rings is 2. The molecular formula is C17H14ClN3O3. The molecular weight excluding hydrogens is 330 g/mol. The van der Waals surface area contributed by atoms with Crippen LogP contribution in [0, 0.1) is 0 Å². The normalized spacial score (nSPS) is 10.4. The van der Waals surface area contributed by atoms with E-state index in [-0.39, 0.29) is 12.5 Å². The van der Waals surface area contributed by atoms with Gasteiger partial charge in [-0.25, -0.2) is 0 Å². The van der Waals surface area contributed by atoms with Crippen LogP contribution in [0.5, 0.6) is 5.75 Å². The molecule has 0 saturated carbocycles. The standard InChI is InChI=1S/C17H14ClN3O3/c1-23-14-5-3-2-4-13(14)16(22)19-10-15-20-21-17(24-15)11-6-8-12(18)9-7-11/h2-9H,10H2,1H3,(H,19,22). The summed E-state index contributed by atoms with van der Waals surface area (Å²) in [6, 6.07) is 14.0. The predicted molar refractivity (Wildman–Crippen MR) is 88.9 cm³/mol. The van der Waals surface area contributed by atoms with Crippen LogP contribution < -0.4 is 10.1 Å². The van der Waals surface area contributed by atoms with E-state index in [1.54, 1.807) is 48.5 Å². The van der Waals surface area contributed by atoms with Gasteiger partial charge in [-0.3, -0.25) is 4.79 Å². The molecule has 1 heterocycles. The van der Waals surface area contributed by atoms with Crippen molar-refractivity contribution in [1.82, 2.24) is 15.5 Å². The molecule has 2 aromatic carbocycles. The third-order valence-electron chi connectivity index (χ3n) is 3.31. The van der Waals surface area contributed by atoms with Crippen molar-refractivity contribution < 1.29 is 13.9 Å². The Kier molecular flexibility index (Phi) is 4.77. The molecule has 0 atom stereocenters. The average molecular weight is 344 g/mol. The Hall–Kier alpha value is -2.86. The third-order valence-corrected chi connectivity index (χ3v) is 3.56. The van der Waals surface area contributed by atoms with Crippen LogP contribution in [0.3, 0.4) is 0 Å². The number of carbonyl (C=O) groups excluding carboxylic acids is 1. The monoisotopic (exact) mass is 343 g/mol. The summed E-state index contributed by atoms with van der Waals surface area (Å²) in [5, 5.41) is 11.2. The maximum atomic E-state index is 12.2. The SMILES string of the molecule is COc1ccccc1C(=O)NCc1nnc(-c2ccc(Cl)cc2)o1. The maximum absolute atomic E-state index is 12.2. The van der Waals surface area contributed by atoms with E-state index >= 15 is 0 Å². The molecule has 1 N–H and O–H groups in total. The quantitative estimate of drug-likeness (QED) is 0.768. The Balaban J connectivity index is 1.67. The second-order valence-corrected chi connectivity index (χ2v) is 5.33. The highest BCUT2D eigenvalue weighted by atomic mass is 35.5. The van der Waals surface area contributed by atoms with E-state index in [2.05, 4.69) is 15.5 Å². The number of halogens is 1. The van der Waals surface area contributed by atoms with Crippen molar-refractivity contribution in [3.05, 3.63) is 65.0 Å². The Morgan fingerprint density at radius 3 is 2.67 bits per heavy atom. The van der Waals surface area contributed by atoms with E-state index in [4.69, 9.17) is 20.8 Å². The molecule has 1 aromatic heterocycles. The minimum Gasteiger partial charge on any atom is -0.496 e. The molecule has 0 bridgehead atoms. The first kappa shape index (κ1) is 16.0. The second-order valence-electron chi connectivity index (χ2n) is 4.89. The lowest BCUT2D eigenvalue weighted by molar-refractivity contribution is 0.0944. The van der Waals surface area contributed by atoms with Gasteiger partial charge in [0.2, 0.25) is 11.8 Å². The van der Waals surface area contributed by atoms with Gasteiger partial charge in [-0.2, -0.15) is 0 Å². The third kappa shape index (κ3) is 3.55. The fourth-order valence-corrected chi connectivity index (χ4v) is 2.24. The summed E-state index contributed by atoms with van der Waals surface area (Å²) in [6.45, 7) is 0.122. The largest absolute Gasteiger partial charge is 0.496 e. The van der Waals surface area contributed by atoms with Crippen LogP contribution in [0.1, 0.15) is 16.2 Å². The van der Waals surface area contributed by atoms with Crippen molar-refractivity contribution >= 4 is 17.5 Å². The Morgan fingerprint density at radius 1 is 1.17 bits per heavy atom. The van der Waals surface area contributed by atoms with Gasteiger partial charge >= 0.3 is 0 Å². The van der Waals surface area contributed by atoms with Crippen LogP contribution in [-0.2, 0) is 6.54 Å². The topological polar surface area (TPSA) is 77.2 Å². The molecule has 0 unspecified atom stereocenters. The van der Waals surface area contributed by atoms with Gasteiger partial charge in [-0.15, -0.1) is 10.2 Å². The first-order valence-corrected chi connectivity index (χ1v) is 7.54. The highest BCUT2D eigenvalue weighted by Crippen LogP contribution is 2.20. The summed E-state index contributed by atoms with van der Waals surface area (Å²) < 4.78 is 10.7. The first-order chi connectivity index (χ1) is 11.7. The Morgan fingerprint density at radius 2 is 1.92 bits per heavy atom. The van der Waals surface area contributed by atoms with Crippen molar-refractivity contribution in [3.63, 3.8) is 0 Å². The van der Waals surface area contributed by atoms with Crippen LogP contribution in [0.15, 0.2) is 52.9 Å². The molecule has 0 aliphatic carbocycles. The molecule has 24 heavy (non-hydrogen) atoms. The number of carbonyl (C=O) groups is 1. The number of ether oxygens (including phenoxy) is 1. The number of nitrogens with one attached hydrogen (secondary N) is 1. The Labute approximate surface area is 143 Å². The van der Waals surface area contributed by atoms with Crippen molar-refractivity contribution in [3.8, 4) is 17.2 Å². The molecule has 0 aliphatic rings. The first-order valence-electron chi connectivity index (χ1n) is 7.17. The van der Waals surface area contributed by atoms with Gasteiger partial charge < -0.3 is 14.5 Å². The molecule has 7 heteroatoms. The molecule has 0 aliphatic heterocycles. The van der Waals surface area contributed by atoms with Crippen LogP contribution in [0.25, 0.3) is 11.5 Å². The summed E-state index contributed by atoms with van der Waals surface area (Å²) in [5.74, 6) is 0.900. The lowest BCUT2D eigenvalue weighted by Crippen LogP contribution is -2.23. The van der Waals surface area contributed by atoms with Gasteiger partial charge in [0, 0.05) is 10.6 Å². The summed E-state index contributed by atoms with van der Waals surface area (Å²) in [5.41, 5.74) is 1.20. The number of methoxy groups -OCH3 is 1. The molecule has 122 valence electrons. The number of para-hydroxylation sites is 1. The predicted octanol–water partition coefficient (Wildman–Crippen LogP) is 3.33. The number of hydrogen-bond donors (Lipinski definition) is 1. The minimum atomic E-state index is -0.279. The lowest BCUT2D eigenvalue weighted by atomic mass is 10.2. The molecule has 1 amide bonds. The molecule has 0 fully saturated rings. The fourth-order valence-electron chi connectivity index (χ4n) is 2.12. The zero-order chi connectivity index (χ0) is 16.9. The zero-order valence-corrected chi connectivity index (χ0v) is 13.6. The number of rotatable bonds is 5. The van der Waals surface area contributed by atoms with Crippen LogP contribution >= 0.6 is 11.6 Å². The number of hydrogen-bond acceptors (Lipinski definition) is 5. The van der Waals surface area contributed by atoms with Gasteiger partial charge in [0.1, 0.15) is 5.75 Å². The van der Waals surface area contributed by atoms with Gasteiger partial charge in [0.25, 0.3) is 5.91 Å². The van der Waals surface area contributed by atoms with Crippen molar-refractivity contribution in [2.75, 3.05) is 7.11 Å². The van der Waals surface area contributed by atoms with E-state index in [1.165, 1.54) is 7.11 Å². The van der Waals surface area contributed by atoms with Crippen LogP contribution in [0.4, 0.5) is 0 Å². The fraction of sp³-hybridized carbons (Fsp3) is 0.118. The van der Waals surface area contributed by atoms with Crippen LogP contribution in [0.2, 0.25) is 5.02 Å². The van der Waals surface area contributed by atoms with Crippen molar-refractivity contribution in [2.24, 2.45) is 0 Å². The highest BCUT2D eigenvalue weighted by Gasteiger charge is 2.13. The van der Waals surface area contributed by atoms with E-state index in [9.17, 15) is 4.79 Å². The number of amides is 1. The minimum absolute atomic E-state index is 0.122. The number of nitrogens with zero attached hydrogens (tertiary/aromatic N) is 2. The molecule has 6 nitrogen and oxygen atoms in total. The summed E-state index contributed by atoms with van der Waals surface area (Å²) >= 11 is 5.85. The number of aromatic nitrogens is 2. The highest BCUT2D eigenvalue weighted by molar-refractivity contribution is 6.30. The maximum Gasteiger partial charge on any atom is 0.255 e. The van der Waals surface area contributed by atoms with E-state index in [1.807, 2.05) is 0 Å². The zero-order valence-electron chi connectivity index (χ0n) is 12.8. The van der Waals surface area contributed by atoms with Crippen molar-refractivity contribution in [2.45, 2.75) is 6.54 Å². The molecule has 0 radical (unpaired) electrons. The summed E-state index contributed by atoms with van der Waals surface area (Å²) in [7, 11) is 1.52. The molecule has 0 saturated heterocycles. The summed E-state index contributed by atoms with van der Waals surface area (Å²) in [6.07, 6.45) is 0. The smallest absolute Gasteiger partial charge is 0.255 e. The van der Waals surface area contributed by atoms with Gasteiger partial charge in [0.15, 0.2) is 0 Å². The van der Waals surface area contributed by atoms with Gasteiger partial charge in [-0.05, 0) is 36.4 Å². The van der Waals surface area contributed by atoms with Crippen LogP contribution in [-0.4, -0.2) is 23.2 Å². The molecule has 0 spiro atoms. The summed E-state index contributed by atoms with van der Waals surface area (Å²) in [4.78, 5) is 12.2. The molecule has 3 rings (SSSR count). The van der Waals surface area contributed by atoms with Crippen molar-refractivity contribution in [1.29, 1.82) is 0 Å². The van der Waals surface area contributed by atoms with Gasteiger partial charge in [0.05, 0.1) is 19.2 Å². The average Bonchev–Trinajstić information content (AvgIpc) is 3.09.